The van der Waals surface area contributed by atoms with Gasteiger partial charge in [-0.15, -0.1) is 0 Å². The minimum absolute atomic E-state index is 0.332. The molecule has 1 saturated carbocycles. The summed E-state index contributed by atoms with van der Waals surface area (Å²) in [5.41, 5.74) is -0.332. The smallest absolute Gasteiger partial charge is 0.309 e. The third kappa shape index (κ3) is 1.44. The molecule has 0 aromatic heterocycles. The zero-order valence-electron chi connectivity index (χ0n) is 8.83. The number of hydrogen-bond donors (Lipinski definition) is 1. The highest BCUT2D eigenvalue weighted by Crippen LogP contribution is 2.50. The molecule has 0 aromatic carbocycles. The average Bonchev–Trinajstić information content (AvgIpc) is 2.05. The second kappa shape index (κ2) is 3.54. The summed E-state index contributed by atoms with van der Waals surface area (Å²) in [6.07, 6.45) is 5.08. The van der Waals surface area contributed by atoms with Gasteiger partial charge in [-0.25, -0.2) is 0 Å². The number of carboxylic acids is 1. The van der Waals surface area contributed by atoms with Gasteiger partial charge in [0.15, 0.2) is 0 Å². The molecule has 0 amide bonds. The molecule has 3 nitrogen and oxygen atoms in total. The number of carboxylic acid groups (broad SMARTS) is 1. The van der Waals surface area contributed by atoms with Crippen LogP contribution in [-0.4, -0.2) is 36.1 Å². The van der Waals surface area contributed by atoms with Crippen LogP contribution in [0.15, 0.2) is 0 Å². The summed E-state index contributed by atoms with van der Waals surface area (Å²) < 4.78 is 0. The summed E-state index contributed by atoms with van der Waals surface area (Å²) in [7, 11) is 2.12. The molecule has 0 radical (unpaired) electrons. The van der Waals surface area contributed by atoms with Gasteiger partial charge >= 0.3 is 5.97 Å². The van der Waals surface area contributed by atoms with Crippen molar-refractivity contribution in [3.05, 3.63) is 0 Å². The molecular weight excluding hydrogens is 178 g/mol. The number of nitrogens with zero attached hydrogens (tertiary/aromatic N) is 1. The number of carbonyl (C=O) groups is 1. The van der Waals surface area contributed by atoms with Crippen molar-refractivity contribution in [2.24, 2.45) is 11.3 Å². The summed E-state index contributed by atoms with van der Waals surface area (Å²) in [4.78, 5) is 13.6. The van der Waals surface area contributed by atoms with Crippen LogP contribution in [0.2, 0.25) is 0 Å². The number of aliphatic carboxylic acids is 1. The minimum Gasteiger partial charge on any atom is -0.481 e. The van der Waals surface area contributed by atoms with Gasteiger partial charge in [-0.05, 0) is 51.7 Å². The lowest BCUT2D eigenvalue weighted by atomic mass is 9.58. The van der Waals surface area contributed by atoms with Crippen LogP contribution in [0.25, 0.3) is 0 Å². The first kappa shape index (κ1) is 9.97. The Labute approximate surface area is 85.1 Å². The monoisotopic (exact) mass is 197 g/mol. The molecule has 1 saturated heterocycles. The Morgan fingerprint density at radius 3 is 2.29 bits per heavy atom. The lowest BCUT2D eigenvalue weighted by Crippen LogP contribution is -2.48. The quantitative estimate of drug-likeness (QED) is 0.730. The van der Waals surface area contributed by atoms with Crippen LogP contribution in [0.3, 0.4) is 0 Å². The van der Waals surface area contributed by atoms with Crippen LogP contribution in [0.4, 0.5) is 0 Å². The summed E-state index contributed by atoms with van der Waals surface area (Å²) in [6, 6.07) is 0. The van der Waals surface area contributed by atoms with E-state index < -0.39 is 5.97 Å². The van der Waals surface area contributed by atoms with E-state index >= 15 is 0 Å². The highest BCUT2D eigenvalue weighted by molar-refractivity contribution is 5.76. The van der Waals surface area contributed by atoms with Crippen molar-refractivity contribution in [3.8, 4) is 0 Å². The second-order valence-corrected chi connectivity index (χ2v) is 4.89. The van der Waals surface area contributed by atoms with E-state index in [0.717, 1.165) is 45.2 Å². The Morgan fingerprint density at radius 1 is 1.36 bits per heavy atom. The summed E-state index contributed by atoms with van der Waals surface area (Å²) in [5, 5.41) is 9.29. The van der Waals surface area contributed by atoms with E-state index in [1.165, 1.54) is 0 Å². The van der Waals surface area contributed by atoms with E-state index in [1.807, 2.05) is 0 Å². The van der Waals surface area contributed by atoms with E-state index in [-0.39, 0.29) is 5.41 Å². The minimum atomic E-state index is -0.543. The summed E-state index contributed by atoms with van der Waals surface area (Å²) in [6.45, 7) is 2.14. The van der Waals surface area contributed by atoms with Gasteiger partial charge in [0.1, 0.15) is 0 Å². The van der Waals surface area contributed by atoms with Crippen molar-refractivity contribution in [2.45, 2.75) is 32.1 Å². The van der Waals surface area contributed by atoms with Gasteiger partial charge in [0.2, 0.25) is 0 Å². The van der Waals surface area contributed by atoms with Crippen molar-refractivity contribution in [3.63, 3.8) is 0 Å². The molecule has 2 aliphatic rings. The van der Waals surface area contributed by atoms with Crippen LogP contribution in [-0.2, 0) is 4.79 Å². The van der Waals surface area contributed by atoms with E-state index in [9.17, 15) is 9.90 Å². The van der Waals surface area contributed by atoms with Gasteiger partial charge in [0.25, 0.3) is 0 Å². The summed E-state index contributed by atoms with van der Waals surface area (Å²) >= 11 is 0. The van der Waals surface area contributed by atoms with Gasteiger partial charge in [-0.2, -0.15) is 0 Å². The van der Waals surface area contributed by atoms with Crippen molar-refractivity contribution in [1.29, 1.82) is 0 Å². The Bertz CT molecular complexity index is 227. The van der Waals surface area contributed by atoms with Crippen molar-refractivity contribution >= 4 is 5.97 Å². The van der Waals surface area contributed by atoms with Crippen LogP contribution < -0.4 is 0 Å². The first-order valence-corrected chi connectivity index (χ1v) is 5.57. The maximum atomic E-state index is 11.3. The fourth-order valence-corrected chi connectivity index (χ4v) is 2.92. The number of rotatable bonds is 2. The molecule has 14 heavy (non-hydrogen) atoms. The molecule has 80 valence electrons. The number of hydrogen-bond acceptors (Lipinski definition) is 2. The fourth-order valence-electron chi connectivity index (χ4n) is 2.92. The first-order valence-electron chi connectivity index (χ1n) is 5.57. The lowest BCUT2D eigenvalue weighted by molar-refractivity contribution is -0.161. The standard InChI is InChI=1S/C11H19NO2/c1-12-7-3-9(4-8-12)11(10(13)14)5-2-6-11/h9H,2-8H2,1H3,(H,13,14). The number of likely N-dealkylation sites (tertiary alicyclic amines) is 1. The molecular formula is C11H19NO2. The van der Waals surface area contributed by atoms with Crippen LogP contribution in [0.5, 0.6) is 0 Å². The molecule has 1 aliphatic carbocycles. The molecule has 2 fully saturated rings. The normalized spacial score (nSPS) is 28.4. The molecule has 3 heteroatoms. The van der Waals surface area contributed by atoms with Gasteiger partial charge in [0, 0.05) is 0 Å². The Morgan fingerprint density at radius 2 is 1.93 bits per heavy atom. The van der Waals surface area contributed by atoms with Crippen molar-refractivity contribution in [1.82, 2.24) is 4.90 Å². The van der Waals surface area contributed by atoms with Gasteiger partial charge in [-0.3, -0.25) is 4.79 Å². The molecule has 0 aromatic rings. The van der Waals surface area contributed by atoms with E-state index in [1.54, 1.807) is 0 Å². The zero-order chi connectivity index (χ0) is 10.2. The van der Waals surface area contributed by atoms with Crippen molar-refractivity contribution < 1.29 is 9.90 Å². The van der Waals surface area contributed by atoms with E-state index in [4.69, 9.17) is 0 Å². The van der Waals surface area contributed by atoms with E-state index in [2.05, 4.69) is 11.9 Å². The molecule has 1 N–H and O–H groups in total. The average molecular weight is 197 g/mol. The predicted molar refractivity (Wildman–Crippen MR) is 54.1 cm³/mol. The topological polar surface area (TPSA) is 40.5 Å². The molecule has 0 unspecified atom stereocenters. The third-order valence-corrected chi connectivity index (χ3v) is 4.17. The maximum Gasteiger partial charge on any atom is 0.309 e. The maximum absolute atomic E-state index is 11.3. The zero-order valence-corrected chi connectivity index (χ0v) is 8.83. The Hall–Kier alpha value is -0.570. The highest BCUT2D eigenvalue weighted by atomic mass is 16.4. The van der Waals surface area contributed by atoms with Crippen molar-refractivity contribution in [2.75, 3.05) is 20.1 Å². The Balaban J connectivity index is 2.02. The van der Waals surface area contributed by atoms with Crippen LogP contribution in [0.1, 0.15) is 32.1 Å². The lowest BCUT2D eigenvalue weighted by Gasteiger charge is -2.47. The number of piperidine rings is 1. The predicted octanol–water partition coefficient (Wildman–Crippen LogP) is 1.58. The van der Waals surface area contributed by atoms with Crippen LogP contribution in [0, 0.1) is 11.3 Å². The summed E-state index contributed by atoms with van der Waals surface area (Å²) in [5.74, 6) is -0.108. The molecule has 0 bridgehead atoms. The van der Waals surface area contributed by atoms with E-state index in [0.29, 0.717) is 5.92 Å². The third-order valence-electron chi connectivity index (χ3n) is 4.17. The van der Waals surface area contributed by atoms with Gasteiger partial charge in [-0.1, -0.05) is 6.42 Å². The van der Waals surface area contributed by atoms with Crippen LogP contribution >= 0.6 is 0 Å². The Kier molecular flexibility index (Phi) is 2.52. The molecule has 2 rings (SSSR count). The molecule has 1 aliphatic heterocycles. The fraction of sp³-hybridized carbons (Fsp3) is 0.909. The van der Waals surface area contributed by atoms with Gasteiger partial charge in [0.05, 0.1) is 5.41 Å². The van der Waals surface area contributed by atoms with Gasteiger partial charge < -0.3 is 10.0 Å². The largest absolute Gasteiger partial charge is 0.481 e. The second-order valence-electron chi connectivity index (χ2n) is 4.89. The molecule has 0 atom stereocenters. The first-order chi connectivity index (χ1) is 6.65. The highest BCUT2D eigenvalue weighted by Gasteiger charge is 2.50. The molecule has 0 spiro atoms. The molecule has 1 heterocycles. The SMILES string of the molecule is CN1CCC(C2(C(=O)O)CCC2)CC1.